The highest BCUT2D eigenvalue weighted by molar-refractivity contribution is 6.00. The molecular weight excluding hydrogens is 394 g/mol. The Morgan fingerprint density at radius 3 is 2.77 bits per heavy atom. The highest BCUT2D eigenvalue weighted by atomic mass is 16.5. The standard InChI is InChI=1S/C24H17N3O4/c1-30-19-9-6-12(10-17(19)28)20-21-14-11-25-27-15(14)7-8-16(21)26-23-13-4-2-3-5-18(13)31-24(29)22(20)23/h2-11,20,26,28H,1H3,(H,25,27). The molecule has 0 saturated carbocycles. The number of fused-ring (bicyclic) bond motifs is 6. The van der Waals surface area contributed by atoms with Gasteiger partial charge in [-0.05, 0) is 47.5 Å². The highest BCUT2D eigenvalue weighted by Crippen LogP contribution is 2.49. The number of hydrogen-bond acceptors (Lipinski definition) is 6. The van der Waals surface area contributed by atoms with Crippen molar-refractivity contribution >= 4 is 33.2 Å². The van der Waals surface area contributed by atoms with Crippen LogP contribution >= 0.6 is 0 Å². The van der Waals surface area contributed by atoms with Crippen LogP contribution in [0.2, 0.25) is 0 Å². The third kappa shape index (κ3) is 2.46. The van der Waals surface area contributed by atoms with Crippen molar-refractivity contribution in [1.29, 1.82) is 0 Å². The zero-order valence-corrected chi connectivity index (χ0v) is 16.5. The lowest BCUT2D eigenvalue weighted by Crippen LogP contribution is -2.22. The normalized spacial score (nSPS) is 14.8. The molecule has 0 spiro atoms. The predicted octanol–water partition coefficient (Wildman–Crippen LogP) is 4.62. The van der Waals surface area contributed by atoms with Crippen LogP contribution in [-0.4, -0.2) is 22.4 Å². The molecule has 152 valence electrons. The predicted molar refractivity (Wildman–Crippen MR) is 117 cm³/mol. The number of hydrogen-bond donors (Lipinski definition) is 3. The second-order valence-corrected chi connectivity index (χ2v) is 7.52. The fourth-order valence-electron chi connectivity index (χ4n) is 4.52. The Kier molecular flexibility index (Phi) is 3.61. The topological polar surface area (TPSA) is 100 Å². The summed E-state index contributed by atoms with van der Waals surface area (Å²) in [5.74, 6) is -0.0958. The minimum Gasteiger partial charge on any atom is -0.504 e. The van der Waals surface area contributed by atoms with Gasteiger partial charge in [-0.1, -0.05) is 18.2 Å². The van der Waals surface area contributed by atoms with Gasteiger partial charge in [-0.25, -0.2) is 4.79 Å². The van der Waals surface area contributed by atoms with Gasteiger partial charge in [0.1, 0.15) is 5.58 Å². The number of phenolic OH excluding ortho intramolecular Hbond substituents is 1. The molecule has 31 heavy (non-hydrogen) atoms. The van der Waals surface area contributed by atoms with E-state index in [1.54, 1.807) is 24.4 Å². The first kappa shape index (κ1) is 17.6. The third-order valence-electron chi connectivity index (χ3n) is 5.89. The lowest BCUT2D eigenvalue weighted by atomic mass is 9.79. The summed E-state index contributed by atoms with van der Waals surface area (Å²) in [6, 6.07) is 16.6. The molecule has 2 aromatic heterocycles. The van der Waals surface area contributed by atoms with E-state index in [1.165, 1.54) is 7.11 Å². The maximum absolute atomic E-state index is 13.2. The van der Waals surface area contributed by atoms with Crippen LogP contribution in [0.1, 0.15) is 22.6 Å². The summed E-state index contributed by atoms with van der Waals surface area (Å²) < 4.78 is 10.9. The van der Waals surface area contributed by atoms with E-state index in [0.717, 1.165) is 33.1 Å². The molecule has 0 saturated heterocycles. The van der Waals surface area contributed by atoms with Crippen molar-refractivity contribution in [2.45, 2.75) is 5.92 Å². The van der Waals surface area contributed by atoms with Crippen LogP contribution in [0.25, 0.3) is 21.9 Å². The first-order valence-electron chi connectivity index (χ1n) is 9.81. The number of methoxy groups -OCH3 is 1. The molecule has 7 nitrogen and oxygen atoms in total. The maximum atomic E-state index is 13.2. The molecule has 0 radical (unpaired) electrons. The van der Waals surface area contributed by atoms with E-state index in [0.29, 0.717) is 22.6 Å². The second kappa shape index (κ2) is 6.37. The number of aromatic hydroxyl groups is 1. The molecule has 0 amide bonds. The fraction of sp³-hybridized carbons (Fsp3) is 0.0833. The molecule has 0 fully saturated rings. The van der Waals surface area contributed by atoms with E-state index in [1.807, 2.05) is 36.4 Å². The summed E-state index contributed by atoms with van der Waals surface area (Å²) in [4.78, 5) is 13.2. The Morgan fingerprint density at radius 1 is 1.06 bits per heavy atom. The van der Waals surface area contributed by atoms with E-state index in [-0.39, 0.29) is 5.75 Å². The van der Waals surface area contributed by atoms with E-state index >= 15 is 0 Å². The number of anilines is 2. The quantitative estimate of drug-likeness (QED) is 0.360. The number of aromatic amines is 1. The van der Waals surface area contributed by atoms with E-state index < -0.39 is 11.5 Å². The molecule has 6 rings (SSSR count). The van der Waals surface area contributed by atoms with Crippen LogP contribution < -0.4 is 15.7 Å². The van der Waals surface area contributed by atoms with E-state index in [4.69, 9.17) is 9.15 Å². The Morgan fingerprint density at radius 2 is 1.94 bits per heavy atom. The summed E-state index contributed by atoms with van der Waals surface area (Å²) in [6.45, 7) is 0. The Labute approximate surface area is 175 Å². The smallest absolute Gasteiger partial charge is 0.342 e. The zero-order valence-electron chi connectivity index (χ0n) is 16.5. The molecule has 5 aromatic rings. The summed E-state index contributed by atoms with van der Waals surface area (Å²) in [7, 11) is 1.50. The number of rotatable bonds is 2. The molecule has 3 aromatic carbocycles. The van der Waals surface area contributed by atoms with E-state index in [2.05, 4.69) is 15.5 Å². The molecule has 1 aliphatic heterocycles. The number of para-hydroxylation sites is 1. The molecular formula is C24H17N3O4. The van der Waals surface area contributed by atoms with Crippen molar-refractivity contribution in [3.05, 3.63) is 87.9 Å². The van der Waals surface area contributed by atoms with Gasteiger partial charge in [0.2, 0.25) is 0 Å². The molecule has 0 bridgehead atoms. The average Bonchev–Trinajstić information content (AvgIpc) is 3.27. The SMILES string of the molecule is COc1ccc(C2c3c(c4ccccc4oc3=O)Nc3ccc4[nH]ncc4c32)cc1O. The monoisotopic (exact) mass is 411 g/mol. The van der Waals surface area contributed by atoms with Gasteiger partial charge >= 0.3 is 5.63 Å². The van der Waals surface area contributed by atoms with Crippen LogP contribution in [0, 0.1) is 0 Å². The lowest BCUT2D eigenvalue weighted by molar-refractivity contribution is 0.373. The Hall–Kier alpha value is -4.26. The number of nitrogens with zero attached hydrogens (tertiary/aromatic N) is 1. The third-order valence-corrected chi connectivity index (χ3v) is 5.89. The number of H-pyrrole nitrogens is 1. The zero-order chi connectivity index (χ0) is 21.1. The first-order valence-corrected chi connectivity index (χ1v) is 9.81. The molecule has 3 heterocycles. The van der Waals surface area contributed by atoms with Crippen LogP contribution in [0.15, 0.2) is 70.0 Å². The fourth-order valence-corrected chi connectivity index (χ4v) is 4.52. The summed E-state index contributed by atoms with van der Waals surface area (Å²) >= 11 is 0. The second-order valence-electron chi connectivity index (χ2n) is 7.52. The molecule has 7 heteroatoms. The Balaban J connectivity index is 1.73. The molecule has 3 N–H and O–H groups in total. The number of phenols is 1. The molecule has 1 atom stereocenters. The number of ether oxygens (including phenoxy) is 1. The van der Waals surface area contributed by atoms with Gasteiger partial charge in [-0.3, -0.25) is 5.10 Å². The van der Waals surface area contributed by atoms with Crippen molar-refractivity contribution in [2.24, 2.45) is 0 Å². The summed E-state index contributed by atoms with van der Waals surface area (Å²) in [5, 5.41) is 22.8. The molecule has 1 aliphatic rings. The van der Waals surface area contributed by atoms with Crippen LogP contribution in [0.3, 0.4) is 0 Å². The van der Waals surface area contributed by atoms with Crippen LogP contribution in [0.4, 0.5) is 11.4 Å². The van der Waals surface area contributed by atoms with Gasteiger partial charge in [-0.15, -0.1) is 0 Å². The van der Waals surface area contributed by atoms with Gasteiger partial charge in [0.25, 0.3) is 0 Å². The van der Waals surface area contributed by atoms with Gasteiger partial charge in [-0.2, -0.15) is 5.10 Å². The molecule has 0 aliphatic carbocycles. The van der Waals surface area contributed by atoms with Crippen LogP contribution in [0.5, 0.6) is 11.5 Å². The maximum Gasteiger partial charge on any atom is 0.342 e. The van der Waals surface area contributed by atoms with Gasteiger partial charge in [0.05, 0.1) is 30.1 Å². The number of aromatic nitrogens is 2. The average molecular weight is 411 g/mol. The highest BCUT2D eigenvalue weighted by Gasteiger charge is 2.34. The van der Waals surface area contributed by atoms with Crippen molar-refractivity contribution in [1.82, 2.24) is 10.2 Å². The first-order chi connectivity index (χ1) is 15.2. The van der Waals surface area contributed by atoms with Crippen molar-refractivity contribution in [3.8, 4) is 11.5 Å². The minimum atomic E-state index is -0.467. The largest absolute Gasteiger partial charge is 0.504 e. The number of nitrogens with one attached hydrogen (secondary N) is 2. The van der Waals surface area contributed by atoms with Gasteiger partial charge in [0, 0.05) is 22.4 Å². The summed E-state index contributed by atoms with van der Waals surface area (Å²) in [6.07, 6.45) is 1.75. The molecule has 1 unspecified atom stereocenters. The van der Waals surface area contributed by atoms with Crippen LogP contribution in [-0.2, 0) is 0 Å². The Bertz CT molecular complexity index is 1550. The van der Waals surface area contributed by atoms with Crippen molar-refractivity contribution in [3.63, 3.8) is 0 Å². The lowest BCUT2D eigenvalue weighted by Gasteiger charge is -2.30. The number of benzene rings is 3. The van der Waals surface area contributed by atoms with Crippen molar-refractivity contribution in [2.75, 3.05) is 12.4 Å². The van der Waals surface area contributed by atoms with Gasteiger partial charge in [0.15, 0.2) is 11.5 Å². The minimum absolute atomic E-state index is 0.00572. The van der Waals surface area contributed by atoms with Crippen molar-refractivity contribution < 1.29 is 14.3 Å². The van der Waals surface area contributed by atoms with E-state index in [9.17, 15) is 9.90 Å². The summed E-state index contributed by atoms with van der Waals surface area (Å²) in [5.41, 5.74) is 4.67. The van der Waals surface area contributed by atoms with Gasteiger partial charge < -0.3 is 19.6 Å².